The van der Waals surface area contributed by atoms with Gasteiger partial charge in [0.15, 0.2) is 0 Å². The Morgan fingerprint density at radius 3 is 2.42 bits per heavy atom. The first-order valence-corrected chi connectivity index (χ1v) is 3.26. The van der Waals surface area contributed by atoms with Crippen LogP contribution in [0.5, 0.6) is 0 Å². The Morgan fingerprint density at radius 2 is 2.00 bits per heavy atom. The maximum absolute atomic E-state index is 10.8. The first kappa shape index (κ1) is 10.9. The molecule has 5 nitrogen and oxygen atoms in total. The van der Waals surface area contributed by atoms with Crippen molar-refractivity contribution < 1.29 is 9.59 Å². The number of hydrogen-bond donors (Lipinski definition) is 3. The number of hydrogen-bond acceptors (Lipinski definition) is 3. The lowest BCUT2D eigenvalue weighted by atomic mass is 10.3. The molecule has 0 aliphatic carbocycles. The van der Waals surface area contributed by atoms with Gasteiger partial charge in [-0.1, -0.05) is 6.08 Å². The van der Waals surface area contributed by atoms with E-state index in [-0.39, 0.29) is 18.3 Å². The first-order chi connectivity index (χ1) is 5.24. The highest BCUT2D eigenvalue weighted by atomic mass is 35.5. The normalized spacial score (nSPS) is 18.6. The summed E-state index contributed by atoms with van der Waals surface area (Å²) in [4.78, 5) is 21.3. The summed E-state index contributed by atoms with van der Waals surface area (Å²) in [5, 5.41) is 4.42. The Hall–Kier alpha value is -1.07. The van der Waals surface area contributed by atoms with Gasteiger partial charge >= 0.3 is 6.03 Å². The summed E-state index contributed by atoms with van der Waals surface area (Å²) in [6.45, 7) is 0.465. The van der Waals surface area contributed by atoms with Crippen LogP contribution in [0.15, 0.2) is 11.8 Å². The molecule has 1 saturated heterocycles. The largest absolute Gasteiger partial charge is 0.330 e. The van der Waals surface area contributed by atoms with Crippen LogP contribution in [-0.2, 0) is 4.79 Å². The van der Waals surface area contributed by atoms with Crippen LogP contribution >= 0.6 is 12.4 Å². The lowest BCUT2D eigenvalue weighted by molar-refractivity contribution is -0.115. The Bertz CT molecular complexity index is 227. The second kappa shape index (κ2) is 4.74. The van der Waals surface area contributed by atoms with Gasteiger partial charge in [-0.25, -0.2) is 4.79 Å². The molecule has 1 heterocycles. The van der Waals surface area contributed by atoms with Crippen LogP contribution in [-0.4, -0.2) is 18.5 Å². The Labute approximate surface area is 75.8 Å². The molecule has 1 rings (SSSR count). The fourth-order valence-corrected chi connectivity index (χ4v) is 0.752. The van der Waals surface area contributed by atoms with Gasteiger partial charge < -0.3 is 11.1 Å². The van der Waals surface area contributed by atoms with Crippen LogP contribution in [0.3, 0.4) is 0 Å². The zero-order chi connectivity index (χ0) is 8.27. The minimum absolute atomic E-state index is 0. The average molecular weight is 192 g/mol. The van der Waals surface area contributed by atoms with Crippen LogP contribution in [0.4, 0.5) is 4.79 Å². The van der Waals surface area contributed by atoms with Crippen molar-refractivity contribution in [2.75, 3.05) is 6.54 Å². The smallest absolute Gasteiger partial charge is 0.326 e. The van der Waals surface area contributed by atoms with Crippen molar-refractivity contribution in [1.29, 1.82) is 0 Å². The molecule has 0 aromatic heterocycles. The molecule has 0 saturated carbocycles. The molecule has 4 N–H and O–H groups in total. The number of nitrogens with two attached hydrogens (primary N) is 1. The van der Waals surface area contributed by atoms with E-state index in [1.807, 2.05) is 0 Å². The maximum atomic E-state index is 10.8. The van der Waals surface area contributed by atoms with E-state index in [0.29, 0.717) is 18.7 Å². The van der Waals surface area contributed by atoms with Crippen molar-refractivity contribution in [1.82, 2.24) is 10.6 Å². The highest BCUT2D eigenvalue weighted by Gasteiger charge is 2.21. The van der Waals surface area contributed by atoms with E-state index in [9.17, 15) is 9.59 Å². The number of imide groups is 1. The topological polar surface area (TPSA) is 84.2 Å². The average Bonchev–Trinajstić information content (AvgIpc) is 2.26. The van der Waals surface area contributed by atoms with Crippen molar-refractivity contribution in [2.24, 2.45) is 5.73 Å². The van der Waals surface area contributed by atoms with Crippen molar-refractivity contribution in [2.45, 2.75) is 6.42 Å². The molecule has 0 spiro atoms. The molecule has 1 fully saturated rings. The second-order valence-electron chi connectivity index (χ2n) is 2.10. The molecule has 3 amide bonds. The van der Waals surface area contributed by atoms with Crippen LogP contribution < -0.4 is 16.4 Å². The molecule has 0 bridgehead atoms. The first-order valence-electron chi connectivity index (χ1n) is 3.26. The molecule has 68 valence electrons. The molecular weight excluding hydrogens is 182 g/mol. The second-order valence-corrected chi connectivity index (χ2v) is 2.10. The number of amides is 3. The van der Waals surface area contributed by atoms with Gasteiger partial charge in [0.2, 0.25) is 0 Å². The Balaban J connectivity index is 0.00000121. The third-order valence-corrected chi connectivity index (χ3v) is 1.24. The van der Waals surface area contributed by atoms with Gasteiger partial charge in [0.1, 0.15) is 5.70 Å². The summed E-state index contributed by atoms with van der Waals surface area (Å²) >= 11 is 0. The minimum atomic E-state index is -0.474. The van der Waals surface area contributed by atoms with Crippen molar-refractivity contribution in [3.8, 4) is 0 Å². The van der Waals surface area contributed by atoms with E-state index >= 15 is 0 Å². The van der Waals surface area contributed by atoms with Crippen molar-refractivity contribution in [3.05, 3.63) is 11.8 Å². The molecule has 1 aliphatic heterocycles. The Kier molecular flexibility index (Phi) is 4.31. The summed E-state index contributed by atoms with van der Waals surface area (Å²) in [6.07, 6.45) is 2.18. The fraction of sp³-hybridized carbons (Fsp3) is 0.333. The molecule has 0 aromatic carbocycles. The van der Waals surface area contributed by atoms with Gasteiger partial charge in [-0.05, 0) is 13.0 Å². The Morgan fingerprint density at radius 1 is 1.33 bits per heavy atom. The van der Waals surface area contributed by atoms with Gasteiger partial charge in [-0.15, -0.1) is 12.4 Å². The number of halogens is 1. The zero-order valence-electron chi connectivity index (χ0n) is 6.29. The standard InChI is InChI=1S/C6H9N3O2.ClH/c7-3-1-2-4-5(10)9-6(11)8-4;/h2H,1,3,7H2,(H2,8,9,10,11);1H. The van der Waals surface area contributed by atoms with Crippen LogP contribution in [0, 0.1) is 0 Å². The molecule has 6 heteroatoms. The quantitative estimate of drug-likeness (QED) is 0.406. The van der Waals surface area contributed by atoms with Crippen molar-refractivity contribution in [3.63, 3.8) is 0 Å². The van der Waals surface area contributed by atoms with Gasteiger partial charge in [0.25, 0.3) is 5.91 Å². The molecule has 1 aliphatic rings. The predicted octanol–water partition coefficient (Wildman–Crippen LogP) is -0.520. The van der Waals surface area contributed by atoms with Gasteiger partial charge in [0, 0.05) is 0 Å². The molecule has 0 radical (unpaired) electrons. The highest BCUT2D eigenvalue weighted by molar-refractivity contribution is 6.11. The summed E-state index contributed by atoms with van der Waals surface area (Å²) in [6, 6.07) is -0.474. The maximum Gasteiger partial charge on any atom is 0.326 e. The predicted molar refractivity (Wildman–Crippen MR) is 45.7 cm³/mol. The van der Waals surface area contributed by atoms with Gasteiger partial charge in [-0.3, -0.25) is 10.1 Å². The lowest BCUT2D eigenvalue weighted by Gasteiger charge is -1.90. The van der Waals surface area contributed by atoms with Crippen LogP contribution in [0.2, 0.25) is 0 Å². The summed E-state index contributed by atoms with van der Waals surface area (Å²) in [5.74, 6) is -0.386. The summed E-state index contributed by atoms with van der Waals surface area (Å²) < 4.78 is 0. The van der Waals surface area contributed by atoms with Gasteiger partial charge in [-0.2, -0.15) is 0 Å². The van der Waals surface area contributed by atoms with Crippen molar-refractivity contribution >= 4 is 24.3 Å². The van der Waals surface area contributed by atoms with E-state index in [4.69, 9.17) is 5.73 Å². The molecular formula is C6H10ClN3O2. The lowest BCUT2D eigenvalue weighted by Crippen LogP contribution is -2.22. The molecule has 12 heavy (non-hydrogen) atoms. The van der Waals surface area contributed by atoms with E-state index in [1.165, 1.54) is 0 Å². The van der Waals surface area contributed by atoms with Crippen LogP contribution in [0.25, 0.3) is 0 Å². The number of rotatable bonds is 2. The zero-order valence-corrected chi connectivity index (χ0v) is 7.11. The van der Waals surface area contributed by atoms with E-state index < -0.39 is 6.03 Å². The summed E-state index contributed by atoms with van der Waals surface area (Å²) in [7, 11) is 0. The SMILES string of the molecule is Cl.NCCC=C1NC(=O)NC1=O. The monoisotopic (exact) mass is 191 g/mol. The molecule has 0 unspecified atom stereocenters. The number of urea groups is 1. The van der Waals surface area contributed by atoms with E-state index in [1.54, 1.807) is 6.08 Å². The number of carbonyl (C=O) groups is 2. The van der Waals surface area contributed by atoms with Crippen LogP contribution in [0.1, 0.15) is 6.42 Å². The number of nitrogens with one attached hydrogen (secondary N) is 2. The third kappa shape index (κ3) is 2.52. The highest BCUT2D eigenvalue weighted by Crippen LogP contribution is 1.97. The minimum Gasteiger partial charge on any atom is -0.330 e. The third-order valence-electron chi connectivity index (χ3n) is 1.24. The fourth-order valence-electron chi connectivity index (χ4n) is 0.752. The number of carbonyl (C=O) groups excluding carboxylic acids is 2. The summed E-state index contributed by atoms with van der Waals surface area (Å²) in [5.41, 5.74) is 5.49. The molecule has 0 atom stereocenters. The van der Waals surface area contributed by atoms with Gasteiger partial charge in [0.05, 0.1) is 0 Å². The van der Waals surface area contributed by atoms with E-state index in [0.717, 1.165) is 0 Å². The molecule has 0 aromatic rings. The van der Waals surface area contributed by atoms with E-state index in [2.05, 4.69) is 10.6 Å².